The third-order valence-electron chi connectivity index (χ3n) is 1.93. The number of carboxylic acid groups (broad SMARTS) is 1. The molecular weight excluding hydrogens is 174 g/mol. The lowest BCUT2D eigenvalue weighted by Crippen LogP contribution is -2.17. The number of hydrogen-bond donors (Lipinski definition) is 2. The molecule has 0 saturated heterocycles. The molecule has 0 bridgehead atoms. The number of aryl methyl sites for hydroxylation is 1. The van der Waals surface area contributed by atoms with Gasteiger partial charge in [0.15, 0.2) is 0 Å². The maximum absolute atomic E-state index is 11.1. The zero-order valence-electron chi connectivity index (χ0n) is 7.46. The quantitative estimate of drug-likeness (QED) is 0.719. The molecule has 0 saturated carbocycles. The first kappa shape index (κ1) is 9.57. The van der Waals surface area contributed by atoms with Crippen molar-refractivity contribution in [1.29, 1.82) is 0 Å². The second-order valence-corrected chi connectivity index (χ2v) is 3.01. The molecule has 0 aromatic carbocycles. The summed E-state index contributed by atoms with van der Waals surface area (Å²) in [5.74, 6) is -1.03. The van der Waals surface area contributed by atoms with E-state index in [1.165, 1.54) is 0 Å². The van der Waals surface area contributed by atoms with Gasteiger partial charge in [0.1, 0.15) is 5.76 Å². The number of aromatic amines is 1. The second-order valence-electron chi connectivity index (χ2n) is 3.01. The number of rotatable bonds is 3. The van der Waals surface area contributed by atoms with Crippen LogP contribution in [0.3, 0.4) is 0 Å². The van der Waals surface area contributed by atoms with Gasteiger partial charge in [-0.05, 0) is 13.3 Å². The highest BCUT2D eigenvalue weighted by Gasteiger charge is 2.17. The van der Waals surface area contributed by atoms with E-state index in [4.69, 9.17) is 9.63 Å². The van der Waals surface area contributed by atoms with Gasteiger partial charge in [0.2, 0.25) is 0 Å². The molecule has 0 fully saturated rings. The zero-order chi connectivity index (χ0) is 10.0. The fourth-order valence-corrected chi connectivity index (χ4v) is 1.04. The van der Waals surface area contributed by atoms with Crippen molar-refractivity contribution in [2.45, 2.75) is 20.3 Å². The number of carboxylic acids is 1. The van der Waals surface area contributed by atoms with E-state index in [1.54, 1.807) is 13.8 Å². The van der Waals surface area contributed by atoms with Gasteiger partial charge in [-0.2, -0.15) is 5.16 Å². The molecule has 1 aromatic rings. The van der Waals surface area contributed by atoms with Crippen LogP contribution in [-0.4, -0.2) is 16.2 Å². The standard InChI is InChI=1S/C8H11NO4/c1-4(8(11)12)3-6-5(2)13-9-7(6)10/h4H,3H2,1-2H3,(H,9,10)(H,11,12)/t4-/m0/s1. The van der Waals surface area contributed by atoms with Gasteiger partial charge in [-0.25, -0.2) is 0 Å². The minimum atomic E-state index is -0.917. The molecule has 0 aliphatic heterocycles. The van der Waals surface area contributed by atoms with Gasteiger partial charge in [0, 0.05) is 0 Å². The number of carbonyl (C=O) groups is 1. The van der Waals surface area contributed by atoms with Crippen molar-refractivity contribution < 1.29 is 14.4 Å². The van der Waals surface area contributed by atoms with Gasteiger partial charge >= 0.3 is 5.97 Å². The molecule has 72 valence electrons. The Balaban J connectivity index is 2.85. The molecule has 1 heterocycles. The van der Waals surface area contributed by atoms with E-state index >= 15 is 0 Å². The fraction of sp³-hybridized carbons (Fsp3) is 0.500. The Kier molecular flexibility index (Phi) is 2.55. The lowest BCUT2D eigenvalue weighted by molar-refractivity contribution is -0.141. The molecule has 0 aliphatic rings. The number of aromatic nitrogens is 1. The normalized spacial score (nSPS) is 12.8. The molecular formula is C8H11NO4. The summed E-state index contributed by atoms with van der Waals surface area (Å²) in [5, 5.41) is 10.8. The lowest BCUT2D eigenvalue weighted by Gasteiger charge is -2.02. The highest BCUT2D eigenvalue weighted by Crippen LogP contribution is 2.08. The summed E-state index contributed by atoms with van der Waals surface area (Å²) in [6, 6.07) is 0. The van der Waals surface area contributed by atoms with Crippen molar-refractivity contribution in [1.82, 2.24) is 5.16 Å². The zero-order valence-corrected chi connectivity index (χ0v) is 7.46. The Morgan fingerprint density at radius 2 is 2.31 bits per heavy atom. The van der Waals surface area contributed by atoms with Crippen LogP contribution in [0.2, 0.25) is 0 Å². The molecule has 1 aromatic heterocycles. The third-order valence-corrected chi connectivity index (χ3v) is 1.93. The molecule has 2 N–H and O–H groups in total. The predicted octanol–water partition coefficient (Wildman–Crippen LogP) is 0.540. The van der Waals surface area contributed by atoms with Gasteiger partial charge in [-0.3, -0.25) is 9.59 Å². The third kappa shape index (κ3) is 1.99. The molecule has 0 spiro atoms. The summed E-state index contributed by atoms with van der Waals surface area (Å²) in [6.45, 7) is 3.18. The lowest BCUT2D eigenvalue weighted by atomic mass is 10.0. The van der Waals surface area contributed by atoms with Gasteiger partial charge in [-0.1, -0.05) is 6.92 Å². The van der Waals surface area contributed by atoms with E-state index in [0.29, 0.717) is 11.3 Å². The van der Waals surface area contributed by atoms with Gasteiger partial charge in [0.05, 0.1) is 11.5 Å². The first-order valence-electron chi connectivity index (χ1n) is 3.92. The van der Waals surface area contributed by atoms with Crippen molar-refractivity contribution in [2.75, 3.05) is 0 Å². The van der Waals surface area contributed by atoms with Crippen LogP contribution in [0.4, 0.5) is 0 Å². The monoisotopic (exact) mass is 185 g/mol. The van der Waals surface area contributed by atoms with Crippen molar-refractivity contribution in [3.63, 3.8) is 0 Å². The van der Waals surface area contributed by atoms with Crippen LogP contribution in [-0.2, 0) is 11.2 Å². The van der Waals surface area contributed by atoms with E-state index in [9.17, 15) is 9.59 Å². The largest absolute Gasteiger partial charge is 0.481 e. The van der Waals surface area contributed by atoms with E-state index in [-0.39, 0.29) is 12.0 Å². The average molecular weight is 185 g/mol. The van der Waals surface area contributed by atoms with Crippen molar-refractivity contribution in [2.24, 2.45) is 5.92 Å². The predicted molar refractivity (Wildman–Crippen MR) is 44.6 cm³/mol. The van der Waals surface area contributed by atoms with Crippen molar-refractivity contribution in [3.05, 3.63) is 21.7 Å². The van der Waals surface area contributed by atoms with Crippen molar-refractivity contribution >= 4 is 5.97 Å². The Labute approximate surface area is 74.3 Å². The summed E-state index contributed by atoms with van der Waals surface area (Å²) in [4.78, 5) is 21.6. The fourth-order valence-electron chi connectivity index (χ4n) is 1.04. The molecule has 0 amide bonds. The Morgan fingerprint density at radius 3 is 2.69 bits per heavy atom. The number of nitrogens with one attached hydrogen (secondary N) is 1. The molecule has 5 nitrogen and oxygen atoms in total. The van der Waals surface area contributed by atoms with E-state index in [1.807, 2.05) is 0 Å². The van der Waals surface area contributed by atoms with E-state index < -0.39 is 11.9 Å². The average Bonchev–Trinajstić information content (AvgIpc) is 2.35. The minimum Gasteiger partial charge on any atom is -0.481 e. The first-order valence-corrected chi connectivity index (χ1v) is 3.92. The Morgan fingerprint density at radius 1 is 1.69 bits per heavy atom. The number of aliphatic carboxylic acids is 1. The van der Waals surface area contributed by atoms with E-state index in [0.717, 1.165) is 0 Å². The summed E-state index contributed by atoms with van der Waals surface area (Å²) in [7, 11) is 0. The highest BCUT2D eigenvalue weighted by molar-refractivity contribution is 5.69. The summed E-state index contributed by atoms with van der Waals surface area (Å²) in [5.41, 5.74) is 0.0699. The molecule has 0 aliphatic carbocycles. The second kappa shape index (κ2) is 3.47. The van der Waals surface area contributed by atoms with Crippen molar-refractivity contribution in [3.8, 4) is 0 Å². The summed E-state index contributed by atoms with van der Waals surface area (Å²) < 4.78 is 4.75. The van der Waals surface area contributed by atoms with Gasteiger partial charge in [-0.15, -0.1) is 0 Å². The minimum absolute atomic E-state index is 0.201. The Bertz CT molecular complexity index is 362. The van der Waals surface area contributed by atoms with E-state index in [2.05, 4.69) is 5.16 Å². The van der Waals surface area contributed by atoms with Crippen LogP contribution >= 0.6 is 0 Å². The topological polar surface area (TPSA) is 83.3 Å². The summed E-state index contributed by atoms with van der Waals surface area (Å²) in [6.07, 6.45) is 0.201. The summed E-state index contributed by atoms with van der Waals surface area (Å²) >= 11 is 0. The maximum atomic E-state index is 11.1. The van der Waals surface area contributed by atoms with Crippen LogP contribution in [0.15, 0.2) is 9.32 Å². The number of hydrogen-bond acceptors (Lipinski definition) is 3. The van der Waals surface area contributed by atoms with Crippen LogP contribution in [0.1, 0.15) is 18.2 Å². The number of H-pyrrole nitrogens is 1. The Hall–Kier alpha value is -1.52. The molecule has 1 atom stereocenters. The molecule has 0 unspecified atom stereocenters. The van der Waals surface area contributed by atoms with Gasteiger partial charge < -0.3 is 9.63 Å². The van der Waals surface area contributed by atoms with Crippen LogP contribution in [0, 0.1) is 12.8 Å². The smallest absolute Gasteiger partial charge is 0.306 e. The SMILES string of the molecule is Cc1o[nH]c(=O)c1C[C@H](C)C(=O)O. The molecule has 1 rings (SSSR count). The van der Waals surface area contributed by atoms with Crippen LogP contribution in [0.5, 0.6) is 0 Å². The first-order chi connectivity index (χ1) is 6.02. The van der Waals surface area contributed by atoms with Crippen LogP contribution in [0.25, 0.3) is 0 Å². The highest BCUT2D eigenvalue weighted by atomic mass is 16.5. The van der Waals surface area contributed by atoms with Gasteiger partial charge in [0.25, 0.3) is 5.56 Å². The maximum Gasteiger partial charge on any atom is 0.306 e. The molecule has 13 heavy (non-hydrogen) atoms. The molecule has 5 heteroatoms. The van der Waals surface area contributed by atoms with Crippen LogP contribution < -0.4 is 5.56 Å². The molecule has 0 radical (unpaired) electrons.